The SMILES string of the molecule is CCc1ccccc1NC1CCCc2cc(OC)ccc21. The third kappa shape index (κ3) is 2.90. The van der Waals surface area contributed by atoms with E-state index in [1.54, 1.807) is 7.11 Å². The van der Waals surface area contributed by atoms with Crippen LogP contribution in [0.3, 0.4) is 0 Å². The molecule has 2 heteroatoms. The molecule has 2 aromatic carbocycles. The predicted molar refractivity (Wildman–Crippen MR) is 88.1 cm³/mol. The Hall–Kier alpha value is -1.96. The van der Waals surface area contributed by atoms with E-state index in [0.29, 0.717) is 6.04 Å². The molecule has 0 amide bonds. The fourth-order valence-corrected chi connectivity index (χ4v) is 3.22. The van der Waals surface area contributed by atoms with Crippen LogP contribution in [0, 0.1) is 0 Å². The van der Waals surface area contributed by atoms with Crippen LogP contribution in [0.25, 0.3) is 0 Å². The summed E-state index contributed by atoms with van der Waals surface area (Å²) in [6, 6.07) is 15.5. The minimum atomic E-state index is 0.410. The summed E-state index contributed by atoms with van der Waals surface area (Å²) in [5.41, 5.74) is 5.51. The van der Waals surface area contributed by atoms with Crippen molar-refractivity contribution < 1.29 is 4.74 Å². The second-order valence-corrected chi connectivity index (χ2v) is 5.66. The number of methoxy groups -OCH3 is 1. The standard InChI is InChI=1S/C19H23NO/c1-3-14-7-4-5-9-18(14)20-19-10-6-8-15-13-16(21-2)11-12-17(15)19/h4-5,7,9,11-13,19-20H,3,6,8,10H2,1-2H3. The summed E-state index contributed by atoms with van der Waals surface area (Å²) in [6.07, 6.45) is 4.63. The molecule has 21 heavy (non-hydrogen) atoms. The molecule has 1 unspecified atom stereocenters. The average Bonchev–Trinajstić information content (AvgIpc) is 2.55. The number of ether oxygens (including phenoxy) is 1. The third-order valence-electron chi connectivity index (χ3n) is 4.39. The minimum Gasteiger partial charge on any atom is -0.497 e. The molecule has 2 aromatic rings. The molecule has 1 atom stereocenters. The van der Waals surface area contributed by atoms with Gasteiger partial charge in [0.15, 0.2) is 0 Å². The van der Waals surface area contributed by atoms with Crippen molar-refractivity contribution in [1.82, 2.24) is 0 Å². The Kier molecular flexibility index (Phi) is 4.14. The van der Waals surface area contributed by atoms with Crippen LogP contribution in [-0.2, 0) is 12.8 Å². The van der Waals surface area contributed by atoms with Gasteiger partial charge in [-0.25, -0.2) is 0 Å². The zero-order valence-corrected chi connectivity index (χ0v) is 12.9. The van der Waals surface area contributed by atoms with E-state index in [-0.39, 0.29) is 0 Å². The number of anilines is 1. The van der Waals surface area contributed by atoms with Gasteiger partial charge in [0.25, 0.3) is 0 Å². The van der Waals surface area contributed by atoms with Crippen molar-refractivity contribution in [2.45, 2.75) is 38.6 Å². The summed E-state index contributed by atoms with van der Waals surface area (Å²) in [4.78, 5) is 0. The molecule has 0 spiro atoms. The van der Waals surface area contributed by atoms with Gasteiger partial charge in [0.05, 0.1) is 13.2 Å². The van der Waals surface area contributed by atoms with Crippen LogP contribution in [0.4, 0.5) is 5.69 Å². The molecule has 0 heterocycles. The van der Waals surface area contributed by atoms with Crippen molar-refractivity contribution in [3.05, 3.63) is 59.2 Å². The van der Waals surface area contributed by atoms with Crippen LogP contribution in [-0.4, -0.2) is 7.11 Å². The zero-order valence-electron chi connectivity index (χ0n) is 12.9. The van der Waals surface area contributed by atoms with E-state index in [0.717, 1.165) is 18.6 Å². The number of nitrogens with one attached hydrogen (secondary N) is 1. The Morgan fingerprint density at radius 3 is 2.86 bits per heavy atom. The maximum absolute atomic E-state index is 5.35. The number of hydrogen-bond acceptors (Lipinski definition) is 2. The van der Waals surface area contributed by atoms with E-state index in [2.05, 4.69) is 54.7 Å². The lowest BCUT2D eigenvalue weighted by molar-refractivity contribution is 0.413. The normalized spacial score (nSPS) is 17.1. The van der Waals surface area contributed by atoms with Gasteiger partial charge in [-0.1, -0.05) is 31.2 Å². The van der Waals surface area contributed by atoms with Crippen LogP contribution in [0.15, 0.2) is 42.5 Å². The average molecular weight is 281 g/mol. The van der Waals surface area contributed by atoms with Crippen LogP contribution in [0.5, 0.6) is 5.75 Å². The molecule has 0 fully saturated rings. The van der Waals surface area contributed by atoms with Gasteiger partial charge >= 0.3 is 0 Å². The first kappa shape index (κ1) is 14.0. The van der Waals surface area contributed by atoms with Crippen molar-refractivity contribution in [2.24, 2.45) is 0 Å². The number of para-hydroxylation sites is 1. The summed E-state index contributed by atoms with van der Waals surface area (Å²) < 4.78 is 5.35. The summed E-state index contributed by atoms with van der Waals surface area (Å²) in [7, 11) is 1.73. The van der Waals surface area contributed by atoms with Gasteiger partial charge in [0.1, 0.15) is 5.75 Å². The number of rotatable bonds is 4. The molecule has 110 valence electrons. The van der Waals surface area contributed by atoms with E-state index < -0.39 is 0 Å². The van der Waals surface area contributed by atoms with Crippen molar-refractivity contribution in [2.75, 3.05) is 12.4 Å². The van der Waals surface area contributed by atoms with Gasteiger partial charge in [-0.3, -0.25) is 0 Å². The van der Waals surface area contributed by atoms with E-state index >= 15 is 0 Å². The zero-order chi connectivity index (χ0) is 14.7. The van der Waals surface area contributed by atoms with Crippen LogP contribution >= 0.6 is 0 Å². The molecular formula is C19H23NO. The summed E-state index contributed by atoms with van der Waals surface area (Å²) >= 11 is 0. The highest BCUT2D eigenvalue weighted by molar-refractivity contribution is 5.54. The lowest BCUT2D eigenvalue weighted by Gasteiger charge is -2.28. The molecule has 0 aliphatic heterocycles. The monoisotopic (exact) mass is 281 g/mol. The van der Waals surface area contributed by atoms with E-state index in [1.807, 2.05) is 0 Å². The Balaban J connectivity index is 1.88. The molecule has 0 saturated heterocycles. The van der Waals surface area contributed by atoms with Crippen LogP contribution in [0.2, 0.25) is 0 Å². The first-order valence-electron chi connectivity index (χ1n) is 7.83. The highest BCUT2D eigenvalue weighted by Gasteiger charge is 2.21. The predicted octanol–water partition coefficient (Wildman–Crippen LogP) is 4.75. The van der Waals surface area contributed by atoms with E-state index in [1.165, 1.54) is 35.2 Å². The summed E-state index contributed by atoms with van der Waals surface area (Å²) in [5.74, 6) is 0.961. The Morgan fingerprint density at radius 2 is 2.05 bits per heavy atom. The van der Waals surface area contributed by atoms with E-state index in [9.17, 15) is 0 Å². The molecule has 2 nitrogen and oxygen atoms in total. The molecule has 0 bridgehead atoms. The fourth-order valence-electron chi connectivity index (χ4n) is 3.22. The van der Waals surface area contributed by atoms with Gasteiger partial charge in [-0.15, -0.1) is 0 Å². The lowest BCUT2D eigenvalue weighted by Crippen LogP contribution is -2.18. The maximum atomic E-state index is 5.35. The Labute approximate surface area is 127 Å². The quantitative estimate of drug-likeness (QED) is 0.873. The van der Waals surface area contributed by atoms with Crippen molar-refractivity contribution in [3.8, 4) is 5.75 Å². The Morgan fingerprint density at radius 1 is 1.19 bits per heavy atom. The Bertz CT molecular complexity index is 621. The first-order valence-corrected chi connectivity index (χ1v) is 7.83. The van der Waals surface area contributed by atoms with Gasteiger partial charge in [-0.05, 0) is 60.6 Å². The van der Waals surface area contributed by atoms with Gasteiger partial charge in [-0.2, -0.15) is 0 Å². The highest BCUT2D eigenvalue weighted by atomic mass is 16.5. The third-order valence-corrected chi connectivity index (χ3v) is 4.39. The highest BCUT2D eigenvalue weighted by Crippen LogP contribution is 2.35. The largest absolute Gasteiger partial charge is 0.497 e. The lowest BCUT2D eigenvalue weighted by atomic mass is 9.87. The molecule has 1 aliphatic rings. The van der Waals surface area contributed by atoms with Crippen molar-refractivity contribution in [3.63, 3.8) is 0 Å². The van der Waals surface area contributed by atoms with E-state index in [4.69, 9.17) is 4.74 Å². The second kappa shape index (κ2) is 6.21. The first-order chi connectivity index (χ1) is 10.3. The summed E-state index contributed by atoms with van der Waals surface area (Å²) in [6.45, 7) is 2.21. The van der Waals surface area contributed by atoms with Crippen molar-refractivity contribution in [1.29, 1.82) is 0 Å². The molecule has 0 saturated carbocycles. The molecule has 3 rings (SSSR count). The van der Waals surface area contributed by atoms with Gasteiger partial charge in [0, 0.05) is 5.69 Å². The van der Waals surface area contributed by atoms with Crippen LogP contribution in [0.1, 0.15) is 42.5 Å². The number of aryl methyl sites for hydroxylation is 2. The number of benzene rings is 2. The van der Waals surface area contributed by atoms with Crippen LogP contribution < -0.4 is 10.1 Å². The number of hydrogen-bond donors (Lipinski definition) is 1. The molecule has 0 aromatic heterocycles. The molecule has 1 N–H and O–H groups in total. The van der Waals surface area contributed by atoms with Gasteiger partial charge < -0.3 is 10.1 Å². The minimum absolute atomic E-state index is 0.410. The molecule has 0 radical (unpaired) electrons. The molecule has 1 aliphatic carbocycles. The summed E-state index contributed by atoms with van der Waals surface area (Å²) in [5, 5.41) is 3.75. The maximum Gasteiger partial charge on any atom is 0.119 e. The topological polar surface area (TPSA) is 21.3 Å². The van der Waals surface area contributed by atoms with Crippen molar-refractivity contribution >= 4 is 5.69 Å². The van der Waals surface area contributed by atoms with Gasteiger partial charge in [0.2, 0.25) is 0 Å². The fraction of sp³-hybridized carbons (Fsp3) is 0.368. The second-order valence-electron chi connectivity index (χ2n) is 5.66. The number of fused-ring (bicyclic) bond motifs is 1. The molecular weight excluding hydrogens is 258 g/mol. The smallest absolute Gasteiger partial charge is 0.119 e.